The molecule has 164 valence electrons. The molecule has 1 aliphatic heterocycles. The highest BCUT2D eigenvalue weighted by Crippen LogP contribution is 2.25. The summed E-state index contributed by atoms with van der Waals surface area (Å²) in [5.74, 6) is -0.890. The van der Waals surface area contributed by atoms with E-state index in [2.05, 4.69) is 5.32 Å². The van der Waals surface area contributed by atoms with Crippen molar-refractivity contribution in [3.05, 3.63) is 75.2 Å². The summed E-state index contributed by atoms with van der Waals surface area (Å²) in [7, 11) is 0. The second-order valence-electron chi connectivity index (χ2n) is 7.70. The van der Waals surface area contributed by atoms with Crippen LogP contribution in [-0.4, -0.2) is 34.3 Å². The minimum atomic E-state index is -0.715. The highest BCUT2D eigenvalue weighted by molar-refractivity contribution is 6.02. The van der Waals surface area contributed by atoms with Gasteiger partial charge < -0.3 is 14.5 Å². The maximum atomic E-state index is 13.4. The van der Waals surface area contributed by atoms with E-state index in [-0.39, 0.29) is 29.4 Å². The molecule has 0 bridgehead atoms. The summed E-state index contributed by atoms with van der Waals surface area (Å²) in [5, 5.41) is 3.35. The third kappa shape index (κ3) is 3.50. The lowest BCUT2D eigenvalue weighted by Crippen LogP contribution is -2.42. The van der Waals surface area contributed by atoms with Crippen LogP contribution in [0.25, 0.3) is 27.8 Å². The van der Waals surface area contributed by atoms with Crippen molar-refractivity contribution in [2.24, 2.45) is 0 Å². The number of benzene rings is 2. The Morgan fingerprint density at radius 1 is 1.12 bits per heavy atom. The van der Waals surface area contributed by atoms with Crippen LogP contribution in [0, 0.1) is 5.82 Å². The zero-order valence-corrected chi connectivity index (χ0v) is 17.0. The van der Waals surface area contributed by atoms with E-state index in [9.17, 15) is 18.8 Å². The molecule has 8 nitrogen and oxygen atoms in total. The lowest BCUT2D eigenvalue weighted by atomic mass is 10.2. The first-order chi connectivity index (χ1) is 15.5. The van der Waals surface area contributed by atoms with Gasteiger partial charge in [0.2, 0.25) is 11.5 Å². The molecule has 1 N–H and O–H groups in total. The number of hydrogen-bond acceptors (Lipinski definition) is 5. The lowest BCUT2D eigenvalue weighted by Gasteiger charge is -2.14. The number of carbonyl (C=O) groups excluding carboxylic acids is 1. The van der Waals surface area contributed by atoms with Gasteiger partial charge >= 0.3 is 11.2 Å². The molecule has 2 aromatic heterocycles. The minimum absolute atomic E-state index is 0.0429. The number of furan rings is 1. The molecule has 5 rings (SSSR count). The Kier molecular flexibility index (Phi) is 5.10. The number of para-hydroxylation sites is 1. The normalized spacial score (nSPS) is 16.1. The molecule has 1 aliphatic rings. The fraction of sp³-hybridized carbons (Fsp3) is 0.261. The topological polar surface area (TPSA) is 95.5 Å². The number of nitrogens with one attached hydrogen (secondary N) is 1. The number of carbonyl (C=O) groups is 1. The van der Waals surface area contributed by atoms with Gasteiger partial charge in [-0.25, -0.2) is 13.8 Å². The lowest BCUT2D eigenvalue weighted by molar-refractivity contribution is -0.122. The van der Waals surface area contributed by atoms with Crippen molar-refractivity contribution in [3.8, 4) is 5.69 Å². The van der Waals surface area contributed by atoms with Gasteiger partial charge in [0.15, 0.2) is 0 Å². The number of rotatable bonds is 5. The molecule has 2 aromatic carbocycles. The van der Waals surface area contributed by atoms with Crippen molar-refractivity contribution in [2.45, 2.75) is 25.5 Å². The van der Waals surface area contributed by atoms with E-state index in [1.807, 2.05) is 0 Å². The molecular formula is C23H20FN3O5. The minimum Gasteiger partial charge on any atom is -0.449 e. The maximum Gasteiger partial charge on any atom is 0.336 e. The van der Waals surface area contributed by atoms with Crippen LogP contribution in [0.2, 0.25) is 0 Å². The van der Waals surface area contributed by atoms with E-state index in [1.54, 1.807) is 24.3 Å². The second-order valence-corrected chi connectivity index (χ2v) is 7.70. The fourth-order valence-electron chi connectivity index (χ4n) is 4.05. The standard InChI is InChI=1S/C23H20FN3O5/c24-14-7-9-15(10-8-14)27-22(29)21-20(17-5-1-2-6-18(17)32-21)26(23(27)30)13-19(28)25-12-16-4-3-11-31-16/h1-2,5-10,16H,3-4,11-13H2,(H,25,28). The fourth-order valence-corrected chi connectivity index (χ4v) is 4.05. The zero-order valence-electron chi connectivity index (χ0n) is 17.0. The van der Waals surface area contributed by atoms with Crippen molar-refractivity contribution in [3.63, 3.8) is 0 Å². The number of fused-ring (bicyclic) bond motifs is 3. The largest absolute Gasteiger partial charge is 0.449 e. The van der Waals surface area contributed by atoms with Crippen molar-refractivity contribution in [1.82, 2.24) is 14.5 Å². The quantitative estimate of drug-likeness (QED) is 0.517. The van der Waals surface area contributed by atoms with Gasteiger partial charge in [-0.1, -0.05) is 12.1 Å². The Labute approximate surface area is 180 Å². The van der Waals surface area contributed by atoms with Gasteiger partial charge in [-0.3, -0.25) is 14.2 Å². The Hall–Kier alpha value is -3.72. The molecule has 9 heteroatoms. The maximum absolute atomic E-state index is 13.4. The van der Waals surface area contributed by atoms with Crippen LogP contribution in [-0.2, 0) is 16.1 Å². The molecule has 0 saturated carbocycles. The molecule has 1 atom stereocenters. The molecule has 0 spiro atoms. The van der Waals surface area contributed by atoms with E-state index >= 15 is 0 Å². The average molecular weight is 437 g/mol. The third-order valence-corrected chi connectivity index (χ3v) is 5.60. The van der Waals surface area contributed by atoms with Gasteiger partial charge in [0.25, 0.3) is 0 Å². The Morgan fingerprint density at radius 3 is 2.66 bits per heavy atom. The van der Waals surface area contributed by atoms with Crippen molar-refractivity contribution in [1.29, 1.82) is 0 Å². The van der Waals surface area contributed by atoms with E-state index in [4.69, 9.17) is 9.15 Å². The third-order valence-electron chi connectivity index (χ3n) is 5.60. The first kappa shape index (κ1) is 20.2. The number of amides is 1. The summed E-state index contributed by atoms with van der Waals surface area (Å²) in [6.07, 6.45) is 1.77. The molecule has 32 heavy (non-hydrogen) atoms. The number of aromatic nitrogens is 2. The summed E-state index contributed by atoms with van der Waals surface area (Å²) >= 11 is 0. The van der Waals surface area contributed by atoms with E-state index in [0.29, 0.717) is 24.1 Å². The molecule has 1 amide bonds. The van der Waals surface area contributed by atoms with Crippen LogP contribution >= 0.6 is 0 Å². The van der Waals surface area contributed by atoms with E-state index in [0.717, 1.165) is 29.5 Å². The summed E-state index contributed by atoms with van der Waals surface area (Å²) in [5.41, 5.74) is -0.596. The van der Waals surface area contributed by atoms with Crippen LogP contribution in [0.4, 0.5) is 4.39 Å². The molecule has 0 aliphatic carbocycles. The van der Waals surface area contributed by atoms with Crippen molar-refractivity contribution >= 4 is 28.0 Å². The van der Waals surface area contributed by atoms with Crippen LogP contribution in [0.1, 0.15) is 12.8 Å². The Balaban J connectivity index is 1.65. The van der Waals surface area contributed by atoms with Crippen LogP contribution < -0.4 is 16.6 Å². The van der Waals surface area contributed by atoms with E-state index < -0.39 is 23.0 Å². The van der Waals surface area contributed by atoms with Gasteiger partial charge in [0, 0.05) is 18.5 Å². The Bertz CT molecular complexity index is 1430. The summed E-state index contributed by atoms with van der Waals surface area (Å²) in [4.78, 5) is 39.3. The smallest absolute Gasteiger partial charge is 0.336 e. The van der Waals surface area contributed by atoms with Crippen molar-refractivity contribution in [2.75, 3.05) is 13.2 Å². The number of halogens is 1. The number of hydrogen-bond donors (Lipinski definition) is 1. The predicted molar refractivity (Wildman–Crippen MR) is 116 cm³/mol. The highest BCUT2D eigenvalue weighted by Gasteiger charge is 2.23. The van der Waals surface area contributed by atoms with Gasteiger partial charge in [-0.2, -0.15) is 0 Å². The average Bonchev–Trinajstić information content (AvgIpc) is 3.45. The SMILES string of the molecule is O=C(Cn1c(=O)n(-c2ccc(F)cc2)c(=O)c2oc3ccccc3c21)NCC1CCCO1. The summed E-state index contributed by atoms with van der Waals surface area (Å²) in [6, 6.07) is 11.9. The van der Waals surface area contributed by atoms with Crippen molar-refractivity contribution < 1.29 is 18.3 Å². The number of ether oxygens (including phenoxy) is 1. The van der Waals surface area contributed by atoms with E-state index in [1.165, 1.54) is 16.7 Å². The van der Waals surface area contributed by atoms with Gasteiger partial charge in [0.05, 0.1) is 11.8 Å². The first-order valence-corrected chi connectivity index (χ1v) is 10.3. The predicted octanol–water partition coefficient (Wildman–Crippen LogP) is 2.33. The summed E-state index contributed by atoms with van der Waals surface area (Å²) in [6.45, 7) is 0.706. The molecule has 3 heterocycles. The summed E-state index contributed by atoms with van der Waals surface area (Å²) < 4.78 is 26.8. The van der Waals surface area contributed by atoms with Gasteiger partial charge in [-0.05, 0) is 49.2 Å². The van der Waals surface area contributed by atoms with Crippen LogP contribution in [0.3, 0.4) is 0 Å². The highest BCUT2D eigenvalue weighted by atomic mass is 19.1. The first-order valence-electron chi connectivity index (χ1n) is 10.3. The zero-order chi connectivity index (χ0) is 22.2. The van der Waals surface area contributed by atoms with Crippen LogP contribution in [0.15, 0.2) is 62.5 Å². The molecule has 1 unspecified atom stereocenters. The molecule has 1 saturated heterocycles. The monoisotopic (exact) mass is 437 g/mol. The molecule has 1 fully saturated rings. The molecule has 4 aromatic rings. The Morgan fingerprint density at radius 2 is 1.91 bits per heavy atom. The molecule has 0 radical (unpaired) electrons. The molecular weight excluding hydrogens is 417 g/mol. The van der Waals surface area contributed by atoms with Gasteiger partial charge in [0.1, 0.15) is 23.5 Å². The van der Waals surface area contributed by atoms with Crippen LogP contribution in [0.5, 0.6) is 0 Å². The van der Waals surface area contributed by atoms with Gasteiger partial charge in [-0.15, -0.1) is 0 Å². The number of nitrogens with zero attached hydrogens (tertiary/aromatic N) is 2. The second kappa shape index (κ2) is 8.08.